The van der Waals surface area contributed by atoms with Crippen LogP contribution in [0.15, 0.2) is 42.5 Å². The minimum absolute atomic E-state index is 0.0429. The summed E-state index contributed by atoms with van der Waals surface area (Å²) in [7, 11) is 0. The van der Waals surface area contributed by atoms with Crippen molar-refractivity contribution >= 4 is 0 Å². The molecule has 1 nitrogen and oxygen atoms in total. The molecule has 0 aliphatic rings. The fraction of sp³-hybridized carbons (Fsp3) is 0.200. The Hall–Kier alpha value is -2.02. The Bertz CT molecular complexity index is 672. The highest BCUT2D eigenvalue weighted by atomic mass is 19.4. The Morgan fingerprint density at radius 2 is 1.32 bits per heavy atom. The Labute approximate surface area is 122 Å². The second-order valence-electron chi connectivity index (χ2n) is 4.70. The Morgan fingerprint density at radius 1 is 0.727 bits per heavy atom. The van der Waals surface area contributed by atoms with Crippen molar-refractivity contribution in [3.63, 3.8) is 0 Å². The van der Waals surface area contributed by atoms with Crippen LogP contribution in [0, 0.1) is 0 Å². The highest BCUT2D eigenvalue weighted by Gasteiger charge is 2.32. The van der Waals surface area contributed by atoms with Gasteiger partial charge < -0.3 is 5.73 Å². The monoisotopic (exact) mass is 319 g/mol. The third kappa shape index (κ3) is 3.59. The average Bonchev–Trinajstić information content (AvgIpc) is 2.45. The van der Waals surface area contributed by atoms with E-state index in [9.17, 15) is 26.3 Å². The molecule has 0 amide bonds. The topological polar surface area (TPSA) is 26.0 Å². The number of benzene rings is 2. The largest absolute Gasteiger partial charge is 0.416 e. The lowest BCUT2D eigenvalue weighted by molar-refractivity contribution is -0.138. The van der Waals surface area contributed by atoms with E-state index in [2.05, 4.69) is 0 Å². The molecule has 0 bridgehead atoms. The molecule has 2 aromatic rings. The number of rotatable bonds is 2. The van der Waals surface area contributed by atoms with E-state index in [0.29, 0.717) is 0 Å². The Kier molecular flexibility index (Phi) is 4.19. The summed E-state index contributed by atoms with van der Waals surface area (Å²) >= 11 is 0. The first-order valence-corrected chi connectivity index (χ1v) is 6.20. The minimum atomic E-state index is -4.60. The quantitative estimate of drug-likeness (QED) is 0.787. The molecule has 2 N–H and O–H groups in total. The van der Waals surface area contributed by atoms with Gasteiger partial charge in [-0.05, 0) is 47.0 Å². The van der Waals surface area contributed by atoms with E-state index in [1.807, 2.05) is 0 Å². The lowest BCUT2D eigenvalue weighted by Crippen LogP contribution is -2.08. The lowest BCUT2D eigenvalue weighted by Gasteiger charge is -2.13. The standard InChI is InChI=1S/C15H11F6N/c16-14(17,18)12-3-1-2-10(6-12)11-4-9(8-22)5-13(7-11)15(19,20)21/h1-7H,8,22H2. The maximum Gasteiger partial charge on any atom is 0.416 e. The van der Waals surface area contributed by atoms with Crippen LogP contribution in [-0.4, -0.2) is 0 Å². The van der Waals surface area contributed by atoms with Crippen LogP contribution in [-0.2, 0) is 18.9 Å². The maximum atomic E-state index is 12.8. The van der Waals surface area contributed by atoms with E-state index >= 15 is 0 Å². The zero-order chi connectivity index (χ0) is 16.5. The zero-order valence-corrected chi connectivity index (χ0v) is 11.1. The first-order chi connectivity index (χ1) is 10.1. The predicted molar refractivity (Wildman–Crippen MR) is 69.8 cm³/mol. The molecule has 7 heteroatoms. The third-order valence-corrected chi connectivity index (χ3v) is 3.08. The fourth-order valence-corrected chi connectivity index (χ4v) is 2.02. The molecule has 118 valence electrons. The van der Waals surface area contributed by atoms with Gasteiger partial charge in [0.2, 0.25) is 0 Å². The van der Waals surface area contributed by atoms with Gasteiger partial charge in [-0.25, -0.2) is 0 Å². The molecule has 0 aliphatic carbocycles. The molecule has 0 spiro atoms. The molecule has 0 atom stereocenters. The molecule has 0 radical (unpaired) electrons. The molecule has 0 saturated heterocycles. The van der Waals surface area contributed by atoms with Crippen molar-refractivity contribution in [3.05, 3.63) is 59.2 Å². The highest BCUT2D eigenvalue weighted by molar-refractivity contribution is 5.66. The summed E-state index contributed by atoms with van der Waals surface area (Å²) in [6, 6.07) is 7.21. The lowest BCUT2D eigenvalue weighted by atomic mass is 9.98. The van der Waals surface area contributed by atoms with E-state index in [1.54, 1.807) is 0 Å². The van der Waals surface area contributed by atoms with E-state index in [4.69, 9.17) is 5.73 Å². The molecule has 0 saturated carbocycles. The molecule has 0 unspecified atom stereocenters. The van der Waals surface area contributed by atoms with Crippen molar-refractivity contribution in [1.29, 1.82) is 0 Å². The van der Waals surface area contributed by atoms with E-state index in [-0.39, 0.29) is 23.2 Å². The van der Waals surface area contributed by atoms with Gasteiger partial charge in [-0.15, -0.1) is 0 Å². The summed E-state index contributed by atoms with van der Waals surface area (Å²) in [5.41, 5.74) is 3.79. The number of hydrogen-bond donors (Lipinski definition) is 1. The molecular formula is C15H11F6N. The van der Waals surface area contributed by atoms with Gasteiger partial charge in [0.05, 0.1) is 11.1 Å². The average molecular weight is 319 g/mol. The van der Waals surface area contributed by atoms with Gasteiger partial charge in [-0.2, -0.15) is 26.3 Å². The SMILES string of the molecule is NCc1cc(-c2cccc(C(F)(F)F)c2)cc(C(F)(F)F)c1. The predicted octanol–water partition coefficient (Wildman–Crippen LogP) is 4.85. The Balaban J connectivity index is 2.57. The van der Waals surface area contributed by atoms with Crippen molar-refractivity contribution in [2.24, 2.45) is 5.73 Å². The van der Waals surface area contributed by atoms with E-state index in [0.717, 1.165) is 30.3 Å². The summed E-state index contributed by atoms with van der Waals surface area (Å²) in [4.78, 5) is 0. The molecule has 0 heterocycles. The van der Waals surface area contributed by atoms with Crippen LogP contribution < -0.4 is 5.73 Å². The maximum absolute atomic E-state index is 12.8. The Morgan fingerprint density at radius 3 is 1.86 bits per heavy atom. The van der Waals surface area contributed by atoms with Crippen molar-refractivity contribution < 1.29 is 26.3 Å². The van der Waals surface area contributed by atoms with Crippen LogP contribution in [0.25, 0.3) is 11.1 Å². The molecule has 22 heavy (non-hydrogen) atoms. The van der Waals surface area contributed by atoms with Gasteiger partial charge in [-0.1, -0.05) is 12.1 Å². The van der Waals surface area contributed by atoms with Gasteiger partial charge in [0.1, 0.15) is 0 Å². The van der Waals surface area contributed by atoms with Gasteiger partial charge in [-0.3, -0.25) is 0 Å². The molecule has 0 aliphatic heterocycles. The minimum Gasteiger partial charge on any atom is -0.326 e. The number of nitrogens with two attached hydrogens (primary N) is 1. The van der Waals surface area contributed by atoms with Crippen LogP contribution in [0.3, 0.4) is 0 Å². The van der Waals surface area contributed by atoms with Crippen molar-refractivity contribution in [2.45, 2.75) is 18.9 Å². The summed E-state index contributed by atoms with van der Waals surface area (Å²) in [5.74, 6) is 0. The second-order valence-corrected chi connectivity index (χ2v) is 4.70. The second kappa shape index (κ2) is 5.64. The van der Waals surface area contributed by atoms with Crippen LogP contribution in [0.5, 0.6) is 0 Å². The first kappa shape index (κ1) is 16.4. The highest BCUT2D eigenvalue weighted by Crippen LogP contribution is 2.35. The van der Waals surface area contributed by atoms with Crippen molar-refractivity contribution in [1.82, 2.24) is 0 Å². The summed E-state index contributed by atoms with van der Waals surface area (Å²) in [5, 5.41) is 0. The molecule has 0 fully saturated rings. The normalized spacial score (nSPS) is 12.5. The molecule has 2 aromatic carbocycles. The molecule has 2 rings (SSSR count). The fourth-order valence-electron chi connectivity index (χ4n) is 2.02. The van der Waals surface area contributed by atoms with Crippen LogP contribution in [0.1, 0.15) is 16.7 Å². The van der Waals surface area contributed by atoms with Crippen molar-refractivity contribution in [2.75, 3.05) is 0 Å². The van der Waals surface area contributed by atoms with Crippen LogP contribution in [0.2, 0.25) is 0 Å². The van der Waals surface area contributed by atoms with Crippen molar-refractivity contribution in [3.8, 4) is 11.1 Å². The van der Waals surface area contributed by atoms with E-state index < -0.39 is 23.5 Å². The zero-order valence-electron chi connectivity index (χ0n) is 11.1. The van der Waals surface area contributed by atoms with Crippen LogP contribution >= 0.6 is 0 Å². The summed E-state index contributed by atoms with van der Waals surface area (Å²) in [6.07, 6.45) is -9.16. The van der Waals surface area contributed by atoms with E-state index in [1.165, 1.54) is 12.1 Å². The van der Waals surface area contributed by atoms with Gasteiger partial charge in [0.15, 0.2) is 0 Å². The first-order valence-electron chi connectivity index (χ1n) is 6.20. The number of alkyl halides is 6. The van der Waals surface area contributed by atoms with Gasteiger partial charge >= 0.3 is 12.4 Å². The third-order valence-electron chi connectivity index (χ3n) is 3.08. The summed E-state index contributed by atoms with van der Waals surface area (Å²) in [6.45, 7) is -0.143. The van der Waals surface area contributed by atoms with Gasteiger partial charge in [0, 0.05) is 6.54 Å². The van der Waals surface area contributed by atoms with Gasteiger partial charge in [0.25, 0.3) is 0 Å². The smallest absolute Gasteiger partial charge is 0.326 e. The number of hydrogen-bond acceptors (Lipinski definition) is 1. The molecule has 0 aromatic heterocycles. The molecular weight excluding hydrogens is 308 g/mol. The summed E-state index contributed by atoms with van der Waals surface area (Å²) < 4.78 is 76.6. The van der Waals surface area contributed by atoms with Crippen LogP contribution in [0.4, 0.5) is 26.3 Å². The number of halogens is 6.